The van der Waals surface area contributed by atoms with Crippen LogP contribution in [0.25, 0.3) is 11.0 Å². The van der Waals surface area contributed by atoms with E-state index in [-0.39, 0.29) is 5.63 Å². The third-order valence-electron chi connectivity index (χ3n) is 3.97. The Labute approximate surface area is 140 Å². The summed E-state index contributed by atoms with van der Waals surface area (Å²) in [4.78, 5) is 11.7. The van der Waals surface area contributed by atoms with E-state index in [4.69, 9.17) is 13.9 Å². The lowest BCUT2D eigenvalue weighted by Gasteiger charge is -2.13. The van der Waals surface area contributed by atoms with Crippen LogP contribution in [-0.4, -0.2) is 7.11 Å². The first-order chi connectivity index (χ1) is 11.6. The fourth-order valence-electron chi connectivity index (χ4n) is 2.75. The maximum absolute atomic E-state index is 11.7. The smallest absolute Gasteiger partial charge is 0.336 e. The minimum Gasteiger partial charge on any atom is -0.497 e. The Bertz CT molecular complexity index is 907. The average molecular weight is 324 g/mol. The van der Waals surface area contributed by atoms with Crippen molar-refractivity contribution in [1.29, 1.82) is 0 Å². The van der Waals surface area contributed by atoms with Gasteiger partial charge in [0.2, 0.25) is 0 Å². The normalized spacial score (nSPS) is 10.8. The average Bonchev–Trinajstić information content (AvgIpc) is 2.58. The predicted octanol–water partition coefficient (Wildman–Crippen LogP) is 4.25. The van der Waals surface area contributed by atoms with Crippen LogP contribution in [0.1, 0.15) is 23.6 Å². The fraction of sp³-hybridized carbons (Fsp3) is 0.250. The van der Waals surface area contributed by atoms with Crippen LogP contribution in [-0.2, 0) is 13.0 Å². The second-order valence-electron chi connectivity index (χ2n) is 5.72. The van der Waals surface area contributed by atoms with Crippen LogP contribution in [0.15, 0.2) is 51.7 Å². The number of rotatable bonds is 5. The highest BCUT2D eigenvalue weighted by Gasteiger charge is 2.12. The lowest BCUT2D eigenvalue weighted by atomic mass is 10.0. The van der Waals surface area contributed by atoms with E-state index in [1.165, 1.54) is 6.07 Å². The number of fused-ring (bicyclic) bond motifs is 1. The van der Waals surface area contributed by atoms with Crippen LogP contribution in [0.2, 0.25) is 0 Å². The molecular formula is C20H20O4. The zero-order valence-corrected chi connectivity index (χ0v) is 14.1. The number of hydrogen-bond donors (Lipinski definition) is 0. The van der Waals surface area contributed by atoms with E-state index in [0.717, 1.165) is 40.0 Å². The molecule has 0 atom stereocenters. The van der Waals surface area contributed by atoms with Gasteiger partial charge in [-0.25, -0.2) is 4.79 Å². The summed E-state index contributed by atoms with van der Waals surface area (Å²) in [5, 5.41) is 0.871. The Kier molecular flexibility index (Phi) is 4.56. The summed E-state index contributed by atoms with van der Waals surface area (Å²) in [6, 6.07) is 13.1. The van der Waals surface area contributed by atoms with Crippen LogP contribution >= 0.6 is 0 Å². The van der Waals surface area contributed by atoms with Crippen LogP contribution in [0.4, 0.5) is 0 Å². The molecule has 0 amide bonds. The first kappa shape index (κ1) is 16.1. The summed E-state index contributed by atoms with van der Waals surface area (Å²) in [6.07, 6.45) is 0.740. The maximum Gasteiger partial charge on any atom is 0.336 e. The number of hydrogen-bond acceptors (Lipinski definition) is 4. The minimum atomic E-state index is -0.328. The highest BCUT2D eigenvalue weighted by Crippen LogP contribution is 2.30. The van der Waals surface area contributed by atoms with E-state index >= 15 is 0 Å². The predicted molar refractivity (Wildman–Crippen MR) is 93.9 cm³/mol. The van der Waals surface area contributed by atoms with Crippen LogP contribution in [0, 0.1) is 6.92 Å². The van der Waals surface area contributed by atoms with Gasteiger partial charge < -0.3 is 13.9 Å². The molecule has 1 heterocycles. The quantitative estimate of drug-likeness (QED) is 0.658. The second-order valence-corrected chi connectivity index (χ2v) is 5.72. The van der Waals surface area contributed by atoms with Gasteiger partial charge in [0.25, 0.3) is 0 Å². The molecule has 0 aliphatic heterocycles. The summed E-state index contributed by atoms with van der Waals surface area (Å²) < 4.78 is 16.6. The van der Waals surface area contributed by atoms with Crippen LogP contribution in [0.5, 0.6) is 11.5 Å². The van der Waals surface area contributed by atoms with Gasteiger partial charge in [0, 0.05) is 6.07 Å². The molecule has 3 rings (SSSR count). The minimum absolute atomic E-state index is 0.328. The number of ether oxygens (including phenoxy) is 2. The first-order valence-corrected chi connectivity index (χ1v) is 7.94. The molecule has 0 aliphatic carbocycles. The summed E-state index contributed by atoms with van der Waals surface area (Å²) in [5.74, 6) is 1.55. The Balaban J connectivity index is 1.97. The molecule has 124 valence electrons. The Morgan fingerprint density at radius 3 is 2.50 bits per heavy atom. The van der Waals surface area contributed by atoms with Crippen molar-refractivity contribution in [2.45, 2.75) is 26.9 Å². The summed E-state index contributed by atoms with van der Waals surface area (Å²) >= 11 is 0. The Morgan fingerprint density at radius 1 is 1.08 bits per heavy atom. The lowest BCUT2D eigenvalue weighted by molar-refractivity contribution is 0.309. The van der Waals surface area contributed by atoms with Gasteiger partial charge in [0.05, 0.1) is 12.5 Å². The topological polar surface area (TPSA) is 48.7 Å². The van der Waals surface area contributed by atoms with Crippen molar-refractivity contribution in [3.05, 3.63) is 69.6 Å². The van der Waals surface area contributed by atoms with Crippen LogP contribution in [0.3, 0.4) is 0 Å². The zero-order chi connectivity index (χ0) is 17.1. The molecule has 0 fully saturated rings. The molecule has 2 aromatic carbocycles. The van der Waals surface area contributed by atoms with Crippen molar-refractivity contribution in [1.82, 2.24) is 0 Å². The zero-order valence-electron chi connectivity index (χ0n) is 14.1. The monoisotopic (exact) mass is 324 g/mol. The Hall–Kier alpha value is -2.75. The molecule has 0 saturated heterocycles. The number of methoxy groups -OCH3 is 1. The molecule has 3 aromatic rings. The molecule has 4 heteroatoms. The van der Waals surface area contributed by atoms with Gasteiger partial charge in [0.15, 0.2) is 0 Å². The lowest BCUT2D eigenvalue weighted by Crippen LogP contribution is -2.03. The van der Waals surface area contributed by atoms with Gasteiger partial charge in [-0.15, -0.1) is 0 Å². The molecular weight excluding hydrogens is 304 g/mol. The SMILES string of the molecule is CCc1cc(=O)oc2cc(C)cc(OCc3ccc(OC)cc3)c12. The van der Waals surface area contributed by atoms with Gasteiger partial charge >= 0.3 is 5.63 Å². The largest absolute Gasteiger partial charge is 0.497 e. The fourth-order valence-corrected chi connectivity index (χ4v) is 2.75. The highest BCUT2D eigenvalue weighted by atomic mass is 16.5. The molecule has 0 aliphatic rings. The third-order valence-corrected chi connectivity index (χ3v) is 3.97. The van der Waals surface area contributed by atoms with Gasteiger partial charge in [0.1, 0.15) is 23.7 Å². The molecule has 0 bridgehead atoms. The maximum atomic E-state index is 11.7. The number of benzene rings is 2. The van der Waals surface area contributed by atoms with Crippen molar-refractivity contribution in [2.75, 3.05) is 7.11 Å². The van der Waals surface area contributed by atoms with E-state index in [1.807, 2.05) is 50.2 Å². The third kappa shape index (κ3) is 3.27. The van der Waals surface area contributed by atoms with E-state index < -0.39 is 0 Å². The summed E-state index contributed by atoms with van der Waals surface area (Å²) in [7, 11) is 1.64. The highest BCUT2D eigenvalue weighted by molar-refractivity contribution is 5.87. The van der Waals surface area contributed by atoms with Gasteiger partial charge in [-0.05, 0) is 54.3 Å². The van der Waals surface area contributed by atoms with Crippen LogP contribution < -0.4 is 15.1 Å². The number of aryl methyl sites for hydroxylation is 2. The molecule has 0 N–H and O–H groups in total. The van der Waals surface area contributed by atoms with Crippen molar-refractivity contribution >= 4 is 11.0 Å². The van der Waals surface area contributed by atoms with E-state index in [2.05, 4.69) is 0 Å². The van der Waals surface area contributed by atoms with E-state index in [1.54, 1.807) is 7.11 Å². The molecule has 0 unspecified atom stereocenters. The van der Waals surface area contributed by atoms with Gasteiger partial charge in [-0.2, -0.15) is 0 Å². The van der Waals surface area contributed by atoms with Crippen molar-refractivity contribution in [3.8, 4) is 11.5 Å². The molecule has 1 aromatic heterocycles. The van der Waals surface area contributed by atoms with Crippen molar-refractivity contribution in [3.63, 3.8) is 0 Å². The second kappa shape index (κ2) is 6.79. The molecule has 0 radical (unpaired) electrons. The molecule has 4 nitrogen and oxygen atoms in total. The molecule has 0 spiro atoms. The molecule has 24 heavy (non-hydrogen) atoms. The standard InChI is InChI=1S/C20H20O4/c1-4-15-11-19(21)24-18-10-13(2)9-17(20(15)18)23-12-14-5-7-16(22-3)8-6-14/h5-11H,4,12H2,1-3H3. The van der Waals surface area contributed by atoms with E-state index in [9.17, 15) is 4.79 Å². The summed E-state index contributed by atoms with van der Waals surface area (Å²) in [6.45, 7) is 4.41. The Morgan fingerprint density at radius 2 is 1.83 bits per heavy atom. The summed E-state index contributed by atoms with van der Waals surface area (Å²) in [5.41, 5.74) is 3.21. The van der Waals surface area contributed by atoms with Crippen molar-refractivity contribution < 1.29 is 13.9 Å². The first-order valence-electron chi connectivity index (χ1n) is 7.94. The van der Waals surface area contributed by atoms with Crippen molar-refractivity contribution in [2.24, 2.45) is 0 Å². The van der Waals surface area contributed by atoms with E-state index in [0.29, 0.717) is 12.2 Å². The van der Waals surface area contributed by atoms with Gasteiger partial charge in [-0.1, -0.05) is 19.1 Å². The van der Waals surface area contributed by atoms with Gasteiger partial charge in [-0.3, -0.25) is 0 Å². The molecule has 0 saturated carbocycles.